The van der Waals surface area contributed by atoms with E-state index in [2.05, 4.69) is 29.8 Å². The number of nitrogens with one attached hydrogen (secondary N) is 1. The fraction of sp³-hybridized carbons (Fsp3) is 0.600. The Hall–Kier alpha value is -0.340. The molecule has 1 aromatic heterocycles. The zero-order chi connectivity index (χ0) is 8.81. The second-order valence-corrected chi connectivity index (χ2v) is 4.31. The summed E-state index contributed by atoms with van der Waals surface area (Å²) in [4.78, 5) is 1.51. The first-order chi connectivity index (χ1) is 5.83. The summed E-state index contributed by atoms with van der Waals surface area (Å²) in [5.41, 5.74) is 0. The van der Waals surface area contributed by atoms with E-state index in [0.717, 1.165) is 12.5 Å². The lowest BCUT2D eigenvalue weighted by Gasteiger charge is -2.08. The Morgan fingerprint density at radius 1 is 1.58 bits per heavy atom. The van der Waals surface area contributed by atoms with Crippen molar-refractivity contribution in [1.29, 1.82) is 0 Å². The van der Waals surface area contributed by atoms with E-state index < -0.39 is 0 Å². The predicted molar refractivity (Wildman–Crippen MR) is 55.7 cm³/mol. The summed E-state index contributed by atoms with van der Waals surface area (Å²) in [6, 6.07) is 4.35. The van der Waals surface area contributed by atoms with Gasteiger partial charge in [-0.3, -0.25) is 0 Å². The highest BCUT2D eigenvalue weighted by atomic mass is 32.1. The van der Waals surface area contributed by atoms with Gasteiger partial charge in [0, 0.05) is 4.88 Å². The lowest BCUT2D eigenvalue weighted by atomic mass is 10.1. The minimum Gasteiger partial charge on any atom is -0.319 e. The van der Waals surface area contributed by atoms with Crippen LogP contribution in [0.2, 0.25) is 0 Å². The molecular formula is C10H17NS. The Kier molecular flexibility index (Phi) is 4.33. The second-order valence-electron chi connectivity index (χ2n) is 3.28. The van der Waals surface area contributed by atoms with Gasteiger partial charge in [0.15, 0.2) is 0 Å². The normalized spacial score (nSPS) is 13.2. The molecule has 0 saturated carbocycles. The maximum absolute atomic E-state index is 3.20. The van der Waals surface area contributed by atoms with Gasteiger partial charge in [-0.1, -0.05) is 13.0 Å². The van der Waals surface area contributed by atoms with Crippen LogP contribution in [0.25, 0.3) is 0 Å². The van der Waals surface area contributed by atoms with E-state index in [9.17, 15) is 0 Å². The minimum atomic E-state index is 0.789. The third-order valence-electron chi connectivity index (χ3n) is 2.02. The maximum Gasteiger partial charge on any atom is 0.00453 e. The van der Waals surface area contributed by atoms with Gasteiger partial charge in [-0.2, -0.15) is 0 Å². The van der Waals surface area contributed by atoms with E-state index in [0.29, 0.717) is 0 Å². The van der Waals surface area contributed by atoms with Crippen molar-refractivity contribution in [3.8, 4) is 0 Å². The summed E-state index contributed by atoms with van der Waals surface area (Å²) in [6.45, 7) is 3.43. The smallest absolute Gasteiger partial charge is 0.00453 e. The molecule has 0 aliphatic carbocycles. The van der Waals surface area contributed by atoms with Crippen LogP contribution in [0.15, 0.2) is 17.5 Å². The molecule has 0 amide bonds. The van der Waals surface area contributed by atoms with Crippen molar-refractivity contribution in [3.63, 3.8) is 0 Å². The van der Waals surface area contributed by atoms with Crippen LogP contribution in [-0.2, 0) is 6.42 Å². The highest BCUT2D eigenvalue weighted by Gasteiger charge is 2.01. The second kappa shape index (κ2) is 5.33. The standard InChI is InChI=1S/C10H17NS/c1-9(8-11-2)5-6-10-4-3-7-12-10/h3-4,7,9,11H,5-6,8H2,1-2H3. The average molecular weight is 183 g/mol. The Morgan fingerprint density at radius 2 is 2.42 bits per heavy atom. The van der Waals surface area contributed by atoms with Gasteiger partial charge < -0.3 is 5.32 Å². The fourth-order valence-electron chi connectivity index (χ4n) is 1.29. The van der Waals surface area contributed by atoms with Gasteiger partial charge in [-0.25, -0.2) is 0 Å². The van der Waals surface area contributed by atoms with E-state index >= 15 is 0 Å². The topological polar surface area (TPSA) is 12.0 Å². The van der Waals surface area contributed by atoms with Crippen molar-refractivity contribution in [2.45, 2.75) is 19.8 Å². The van der Waals surface area contributed by atoms with Crippen LogP contribution in [0.5, 0.6) is 0 Å². The highest BCUT2D eigenvalue weighted by Crippen LogP contribution is 2.13. The van der Waals surface area contributed by atoms with Crippen LogP contribution >= 0.6 is 11.3 Å². The van der Waals surface area contributed by atoms with E-state index in [1.54, 1.807) is 0 Å². The van der Waals surface area contributed by atoms with E-state index in [-0.39, 0.29) is 0 Å². The number of hydrogen-bond acceptors (Lipinski definition) is 2. The molecule has 1 aromatic rings. The Morgan fingerprint density at radius 3 is 3.00 bits per heavy atom. The summed E-state index contributed by atoms with van der Waals surface area (Å²) in [6.07, 6.45) is 2.53. The molecule has 68 valence electrons. The summed E-state index contributed by atoms with van der Waals surface area (Å²) in [5, 5.41) is 5.35. The van der Waals surface area contributed by atoms with Crippen LogP contribution < -0.4 is 5.32 Å². The molecule has 1 heterocycles. The molecule has 0 aliphatic rings. The van der Waals surface area contributed by atoms with Crippen LogP contribution in [0.1, 0.15) is 18.2 Å². The molecule has 0 bridgehead atoms. The molecule has 2 heteroatoms. The molecule has 1 unspecified atom stereocenters. The first kappa shape index (κ1) is 9.75. The van der Waals surface area contributed by atoms with E-state index in [1.165, 1.54) is 17.7 Å². The number of rotatable bonds is 5. The molecule has 1 atom stereocenters. The average Bonchev–Trinajstić information content (AvgIpc) is 2.53. The molecular weight excluding hydrogens is 166 g/mol. The number of hydrogen-bond donors (Lipinski definition) is 1. The van der Waals surface area contributed by atoms with Gasteiger partial charge in [0.25, 0.3) is 0 Å². The molecule has 1 nitrogen and oxygen atoms in total. The molecule has 12 heavy (non-hydrogen) atoms. The Balaban J connectivity index is 2.17. The first-order valence-electron chi connectivity index (χ1n) is 4.50. The quantitative estimate of drug-likeness (QED) is 0.739. The summed E-state index contributed by atoms with van der Waals surface area (Å²) < 4.78 is 0. The Bertz CT molecular complexity index is 194. The van der Waals surface area contributed by atoms with Gasteiger partial charge in [-0.05, 0) is 43.8 Å². The molecule has 0 radical (unpaired) electrons. The van der Waals surface area contributed by atoms with Crippen molar-refractivity contribution in [2.75, 3.05) is 13.6 Å². The van der Waals surface area contributed by atoms with Gasteiger partial charge in [0.1, 0.15) is 0 Å². The van der Waals surface area contributed by atoms with Gasteiger partial charge in [-0.15, -0.1) is 11.3 Å². The minimum absolute atomic E-state index is 0.789. The zero-order valence-electron chi connectivity index (χ0n) is 7.84. The van der Waals surface area contributed by atoms with Crippen LogP contribution in [0.3, 0.4) is 0 Å². The van der Waals surface area contributed by atoms with Gasteiger partial charge >= 0.3 is 0 Å². The van der Waals surface area contributed by atoms with Crippen molar-refractivity contribution >= 4 is 11.3 Å². The molecule has 0 aliphatic heterocycles. The van der Waals surface area contributed by atoms with Gasteiger partial charge in [0.2, 0.25) is 0 Å². The molecule has 1 N–H and O–H groups in total. The SMILES string of the molecule is CNCC(C)CCc1cccs1. The van der Waals surface area contributed by atoms with Crippen molar-refractivity contribution < 1.29 is 0 Å². The van der Waals surface area contributed by atoms with Crippen molar-refractivity contribution in [3.05, 3.63) is 22.4 Å². The highest BCUT2D eigenvalue weighted by molar-refractivity contribution is 7.09. The van der Waals surface area contributed by atoms with Crippen LogP contribution in [0, 0.1) is 5.92 Å². The van der Waals surface area contributed by atoms with Gasteiger partial charge in [0.05, 0.1) is 0 Å². The van der Waals surface area contributed by atoms with Crippen LogP contribution in [0.4, 0.5) is 0 Å². The monoisotopic (exact) mass is 183 g/mol. The third kappa shape index (κ3) is 3.37. The molecule has 0 saturated heterocycles. The predicted octanol–water partition coefficient (Wildman–Crippen LogP) is 2.54. The van der Waals surface area contributed by atoms with E-state index in [4.69, 9.17) is 0 Å². The number of aryl methyl sites for hydroxylation is 1. The van der Waals surface area contributed by atoms with Crippen LogP contribution in [-0.4, -0.2) is 13.6 Å². The lowest BCUT2D eigenvalue weighted by Crippen LogP contribution is -2.16. The van der Waals surface area contributed by atoms with E-state index in [1.807, 2.05) is 18.4 Å². The maximum atomic E-state index is 3.20. The van der Waals surface area contributed by atoms with Crippen molar-refractivity contribution in [1.82, 2.24) is 5.32 Å². The summed E-state index contributed by atoms with van der Waals surface area (Å²) in [5.74, 6) is 0.789. The largest absolute Gasteiger partial charge is 0.319 e. The first-order valence-corrected chi connectivity index (χ1v) is 5.38. The summed E-state index contributed by atoms with van der Waals surface area (Å²) >= 11 is 1.86. The van der Waals surface area contributed by atoms with Crippen molar-refractivity contribution in [2.24, 2.45) is 5.92 Å². The number of thiophene rings is 1. The molecule has 0 spiro atoms. The Labute approximate surface area is 78.8 Å². The lowest BCUT2D eigenvalue weighted by molar-refractivity contribution is 0.506. The molecule has 0 aromatic carbocycles. The fourth-order valence-corrected chi connectivity index (χ4v) is 2.02. The summed E-state index contributed by atoms with van der Waals surface area (Å²) in [7, 11) is 2.02. The third-order valence-corrected chi connectivity index (χ3v) is 2.95. The molecule has 1 rings (SSSR count). The molecule has 0 fully saturated rings. The zero-order valence-corrected chi connectivity index (χ0v) is 8.66.